The molecule has 0 atom stereocenters. The van der Waals surface area contributed by atoms with Gasteiger partial charge in [-0.2, -0.15) is 0 Å². The Labute approximate surface area is 190 Å². The summed E-state index contributed by atoms with van der Waals surface area (Å²) in [4.78, 5) is 16.5. The molecule has 166 valence electrons. The minimum atomic E-state index is -3.12. The lowest BCUT2D eigenvalue weighted by atomic mass is 10.2. The molecule has 0 fully saturated rings. The van der Waals surface area contributed by atoms with Crippen LogP contribution in [0, 0.1) is 6.92 Å². The largest absolute Gasteiger partial charge is 0.481 e. The molecule has 3 aromatic heterocycles. The summed E-state index contributed by atoms with van der Waals surface area (Å²) in [5.41, 5.74) is 4.42. The Kier molecular flexibility index (Phi) is 6.03. The maximum absolute atomic E-state index is 11.6. The number of carboxylic acid groups (broad SMARTS) is 1. The lowest BCUT2D eigenvalue weighted by molar-refractivity contribution is -0.136. The summed E-state index contributed by atoms with van der Waals surface area (Å²) in [6.07, 6.45) is 5.31. The molecule has 0 radical (unpaired) electrons. The van der Waals surface area contributed by atoms with Crippen molar-refractivity contribution in [1.82, 2.24) is 14.1 Å². The number of hydrogen-bond donors (Lipinski definition) is 1. The van der Waals surface area contributed by atoms with Gasteiger partial charge >= 0.3 is 5.97 Å². The van der Waals surface area contributed by atoms with Crippen molar-refractivity contribution < 1.29 is 18.3 Å². The lowest BCUT2D eigenvalue weighted by Gasteiger charge is -2.13. The average molecular weight is 470 g/mol. The number of sulfone groups is 1. The van der Waals surface area contributed by atoms with Crippen molar-refractivity contribution in [2.75, 3.05) is 6.26 Å². The van der Waals surface area contributed by atoms with Gasteiger partial charge < -0.3 is 14.2 Å². The zero-order chi connectivity index (χ0) is 22.9. The van der Waals surface area contributed by atoms with E-state index in [1.165, 1.54) is 6.26 Å². The summed E-state index contributed by atoms with van der Waals surface area (Å²) in [5, 5.41) is 11.2. The van der Waals surface area contributed by atoms with Crippen LogP contribution in [0.3, 0.4) is 0 Å². The van der Waals surface area contributed by atoms with Crippen LogP contribution in [0.5, 0.6) is 0 Å². The number of benzene rings is 1. The minimum absolute atomic E-state index is 0.0176. The third kappa shape index (κ3) is 4.84. The van der Waals surface area contributed by atoms with Crippen molar-refractivity contribution in [2.45, 2.75) is 25.5 Å². The molecule has 0 saturated carbocycles. The van der Waals surface area contributed by atoms with Crippen molar-refractivity contribution in [3.63, 3.8) is 0 Å². The molecule has 32 heavy (non-hydrogen) atoms. The Bertz CT molecular complexity index is 1360. The normalized spacial score (nSPS) is 11.7. The number of hydrogen-bond acceptors (Lipinski definition) is 5. The fraction of sp³-hybridized carbons (Fsp3) is 0.217. The van der Waals surface area contributed by atoms with Crippen molar-refractivity contribution in [3.05, 3.63) is 77.3 Å². The fourth-order valence-electron chi connectivity index (χ4n) is 3.69. The van der Waals surface area contributed by atoms with Crippen molar-refractivity contribution in [1.29, 1.82) is 0 Å². The van der Waals surface area contributed by atoms with Crippen molar-refractivity contribution in [3.8, 4) is 21.9 Å². The van der Waals surface area contributed by atoms with Gasteiger partial charge in [0.05, 0.1) is 28.4 Å². The molecule has 0 saturated heterocycles. The van der Waals surface area contributed by atoms with E-state index >= 15 is 0 Å². The zero-order valence-electron chi connectivity index (χ0n) is 17.7. The summed E-state index contributed by atoms with van der Waals surface area (Å²) >= 11 is 1.60. The Morgan fingerprint density at radius 3 is 2.50 bits per heavy atom. The van der Waals surface area contributed by atoms with E-state index in [-0.39, 0.29) is 12.2 Å². The van der Waals surface area contributed by atoms with Gasteiger partial charge in [-0.05, 0) is 49.2 Å². The molecular weight excluding hydrogens is 446 g/mol. The standard InChI is InChI=1S/C23H23N3O4S2/c1-16-24-11-12-25(16)20-13-22(31-14-20)21-9-7-19(8-10-23(27)28)26(21)18-5-3-17(4-6-18)15-32(2,29)30/h3-7,9,11-14H,8,10,15H2,1-2H3,(H,27,28). The first-order chi connectivity index (χ1) is 15.2. The number of carbonyl (C=O) groups is 1. The molecule has 7 nitrogen and oxygen atoms in total. The highest BCUT2D eigenvalue weighted by molar-refractivity contribution is 7.89. The van der Waals surface area contributed by atoms with E-state index in [0.717, 1.165) is 33.5 Å². The second kappa shape index (κ2) is 8.76. The second-order valence-corrected chi connectivity index (χ2v) is 10.7. The number of thiophene rings is 1. The molecule has 4 rings (SSSR count). The Hall–Kier alpha value is -3.17. The summed E-state index contributed by atoms with van der Waals surface area (Å²) in [7, 11) is -3.12. The third-order valence-electron chi connectivity index (χ3n) is 5.12. The van der Waals surface area contributed by atoms with Crippen LogP contribution in [0.2, 0.25) is 0 Å². The Morgan fingerprint density at radius 2 is 1.88 bits per heavy atom. The first-order valence-electron chi connectivity index (χ1n) is 10.00. The molecular formula is C23H23N3O4S2. The van der Waals surface area contributed by atoms with Crippen LogP contribution >= 0.6 is 11.3 Å². The van der Waals surface area contributed by atoms with Gasteiger partial charge in [0, 0.05) is 35.4 Å². The highest BCUT2D eigenvalue weighted by Crippen LogP contribution is 2.33. The van der Waals surface area contributed by atoms with E-state index in [1.807, 2.05) is 46.5 Å². The van der Waals surface area contributed by atoms with Crippen molar-refractivity contribution >= 4 is 27.1 Å². The van der Waals surface area contributed by atoms with Gasteiger partial charge in [-0.15, -0.1) is 11.3 Å². The molecule has 0 aliphatic heterocycles. The Morgan fingerprint density at radius 1 is 1.12 bits per heavy atom. The topological polar surface area (TPSA) is 94.2 Å². The van der Waals surface area contributed by atoms with Crippen LogP contribution in [0.1, 0.15) is 23.5 Å². The van der Waals surface area contributed by atoms with Gasteiger partial charge in [0.15, 0.2) is 9.84 Å². The molecule has 0 bridgehead atoms. The number of carboxylic acids is 1. The molecule has 0 spiro atoms. The fourth-order valence-corrected chi connectivity index (χ4v) is 5.38. The number of aromatic nitrogens is 3. The number of imidazole rings is 1. The maximum atomic E-state index is 11.6. The summed E-state index contributed by atoms with van der Waals surface area (Å²) in [6, 6.07) is 13.4. The number of aryl methyl sites for hydroxylation is 2. The molecule has 9 heteroatoms. The molecule has 0 aliphatic carbocycles. The second-order valence-electron chi connectivity index (χ2n) is 7.69. The SMILES string of the molecule is Cc1nccn1-c1csc(-c2ccc(CCC(=O)O)n2-c2ccc(CS(C)(=O)=O)cc2)c1. The molecule has 0 aliphatic rings. The number of rotatable bonds is 8. The molecule has 1 aromatic carbocycles. The van der Waals surface area contributed by atoms with E-state index in [2.05, 4.69) is 16.4 Å². The highest BCUT2D eigenvalue weighted by Gasteiger charge is 2.16. The van der Waals surface area contributed by atoms with E-state index in [0.29, 0.717) is 12.0 Å². The molecule has 4 aromatic rings. The van der Waals surface area contributed by atoms with Crippen LogP contribution in [0.15, 0.2) is 60.2 Å². The minimum Gasteiger partial charge on any atom is -0.481 e. The summed E-state index contributed by atoms with van der Waals surface area (Å²) < 4.78 is 27.3. The maximum Gasteiger partial charge on any atom is 0.303 e. The Balaban J connectivity index is 1.75. The van der Waals surface area contributed by atoms with Gasteiger partial charge in [-0.1, -0.05) is 12.1 Å². The summed E-state index contributed by atoms with van der Waals surface area (Å²) in [6.45, 7) is 1.95. The van der Waals surface area contributed by atoms with Gasteiger partial charge in [0.1, 0.15) is 5.82 Å². The monoisotopic (exact) mass is 469 g/mol. The van der Waals surface area contributed by atoms with Gasteiger partial charge in [0.2, 0.25) is 0 Å². The molecule has 1 N–H and O–H groups in total. The van der Waals surface area contributed by atoms with Crippen LogP contribution in [0.25, 0.3) is 21.9 Å². The van der Waals surface area contributed by atoms with Crippen LogP contribution in [0.4, 0.5) is 0 Å². The van der Waals surface area contributed by atoms with E-state index in [1.54, 1.807) is 29.7 Å². The predicted octanol–water partition coefficient (Wildman–Crippen LogP) is 4.26. The highest BCUT2D eigenvalue weighted by atomic mass is 32.2. The molecule has 3 heterocycles. The zero-order valence-corrected chi connectivity index (χ0v) is 19.4. The predicted molar refractivity (Wildman–Crippen MR) is 125 cm³/mol. The quantitative estimate of drug-likeness (QED) is 0.416. The van der Waals surface area contributed by atoms with Crippen LogP contribution in [-0.4, -0.2) is 39.9 Å². The molecule has 0 unspecified atom stereocenters. The number of nitrogens with zero attached hydrogens (tertiary/aromatic N) is 3. The van der Waals surface area contributed by atoms with Gasteiger partial charge in [-0.3, -0.25) is 4.79 Å². The number of aliphatic carboxylic acids is 1. The van der Waals surface area contributed by atoms with Gasteiger partial charge in [0.25, 0.3) is 0 Å². The lowest BCUT2D eigenvalue weighted by Crippen LogP contribution is -2.06. The van der Waals surface area contributed by atoms with Gasteiger partial charge in [-0.25, -0.2) is 13.4 Å². The molecule has 0 amide bonds. The van der Waals surface area contributed by atoms with Crippen LogP contribution < -0.4 is 0 Å². The van der Waals surface area contributed by atoms with E-state index < -0.39 is 15.8 Å². The summed E-state index contributed by atoms with van der Waals surface area (Å²) in [5.74, 6) is 0.0288. The first-order valence-corrected chi connectivity index (χ1v) is 12.9. The van der Waals surface area contributed by atoms with Crippen molar-refractivity contribution in [2.24, 2.45) is 0 Å². The smallest absolute Gasteiger partial charge is 0.303 e. The van der Waals surface area contributed by atoms with E-state index in [9.17, 15) is 13.2 Å². The average Bonchev–Trinajstić information content (AvgIpc) is 3.44. The van der Waals surface area contributed by atoms with Crippen LogP contribution in [-0.2, 0) is 26.8 Å². The van der Waals surface area contributed by atoms with E-state index in [4.69, 9.17) is 5.11 Å². The third-order valence-corrected chi connectivity index (χ3v) is 6.92. The first kappa shape index (κ1) is 22.0.